The van der Waals surface area contributed by atoms with Crippen molar-refractivity contribution in [3.8, 4) is 11.5 Å². The number of nitrogens with one attached hydrogen (secondary N) is 1. The molecular formula is C15H23ClN2O3. The largest absolute Gasteiger partial charge is 0.493 e. The van der Waals surface area contributed by atoms with Crippen LogP contribution in [0.15, 0.2) is 12.1 Å². The molecular weight excluding hydrogens is 292 g/mol. The van der Waals surface area contributed by atoms with E-state index in [-0.39, 0.29) is 11.9 Å². The van der Waals surface area contributed by atoms with Gasteiger partial charge in [0.05, 0.1) is 18.7 Å². The molecule has 0 radical (unpaired) electrons. The molecule has 21 heavy (non-hydrogen) atoms. The van der Waals surface area contributed by atoms with E-state index in [1.165, 1.54) is 7.11 Å². The van der Waals surface area contributed by atoms with Gasteiger partial charge in [0.25, 0.3) is 5.91 Å². The molecule has 0 saturated carbocycles. The first-order valence-electron chi connectivity index (χ1n) is 6.90. The van der Waals surface area contributed by atoms with Crippen LogP contribution in [0.2, 0.25) is 5.02 Å². The van der Waals surface area contributed by atoms with Gasteiger partial charge in [0.1, 0.15) is 0 Å². The molecule has 118 valence electrons. The molecule has 0 aliphatic rings. The summed E-state index contributed by atoms with van der Waals surface area (Å²) in [5, 5.41) is 3.12. The minimum atomic E-state index is -0.247. The van der Waals surface area contributed by atoms with E-state index in [0.717, 1.165) is 0 Å². The molecule has 0 fully saturated rings. The second kappa shape index (κ2) is 8.10. The first-order valence-corrected chi connectivity index (χ1v) is 7.28. The predicted molar refractivity (Wildman–Crippen MR) is 84.3 cm³/mol. The number of halogens is 1. The zero-order valence-electron chi connectivity index (χ0n) is 12.9. The highest BCUT2D eigenvalue weighted by Crippen LogP contribution is 2.36. The van der Waals surface area contributed by atoms with Crippen molar-refractivity contribution < 1.29 is 14.3 Å². The lowest BCUT2D eigenvalue weighted by atomic mass is 10.1. The summed E-state index contributed by atoms with van der Waals surface area (Å²) in [6.07, 6.45) is 0. The third kappa shape index (κ3) is 5.10. The molecule has 0 aliphatic carbocycles. The van der Waals surface area contributed by atoms with E-state index < -0.39 is 0 Å². The van der Waals surface area contributed by atoms with Gasteiger partial charge in [-0.05, 0) is 25.0 Å². The number of hydrogen-bond donors (Lipinski definition) is 2. The monoisotopic (exact) mass is 314 g/mol. The molecule has 0 aliphatic heterocycles. The molecule has 1 amide bonds. The van der Waals surface area contributed by atoms with E-state index in [9.17, 15) is 4.79 Å². The standard InChI is InChI=1S/C15H23ClN2O3/c1-9(2)8-21-14-12(16)5-11(6-13(14)20-4)15(19)18-10(3)7-17/h5-6,9-10H,7-8,17H2,1-4H3,(H,18,19)/t10-/m0/s1. The maximum Gasteiger partial charge on any atom is 0.251 e. The van der Waals surface area contributed by atoms with E-state index >= 15 is 0 Å². The van der Waals surface area contributed by atoms with E-state index in [2.05, 4.69) is 5.32 Å². The van der Waals surface area contributed by atoms with Crippen LogP contribution in [0, 0.1) is 5.92 Å². The average Bonchev–Trinajstić information content (AvgIpc) is 2.44. The van der Waals surface area contributed by atoms with Crippen molar-refractivity contribution in [1.29, 1.82) is 0 Å². The minimum absolute atomic E-state index is 0.112. The van der Waals surface area contributed by atoms with Crippen LogP contribution in [0.1, 0.15) is 31.1 Å². The quantitative estimate of drug-likeness (QED) is 0.811. The van der Waals surface area contributed by atoms with Gasteiger partial charge in [0, 0.05) is 18.2 Å². The fourth-order valence-electron chi connectivity index (χ4n) is 1.61. The van der Waals surface area contributed by atoms with Crippen molar-refractivity contribution in [3.63, 3.8) is 0 Å². The highest BCUT2D eigenvalue weighted by Gasteiger charge is 2.17. The number of methoxy groups -OCH3 is 1. The van der Waals surface area contributed by atoms with E-state index in [1.807, 2.05) is 20.8 Å². The SMILES string of the molecule is COc1cc(C(=O)N[C@@H](C)CN)cc(Cl)c1OCC(C)C. The number of hydrogen-bond acceptors (Lipinski definition) is 4. The first kappa shape index (κ1) is 17.6. The normalized spacial score (nSPS) is 12.1. The van der Waals surface area contributed by atoms with Crippen molar-refractivity contribution in [1.82, 2.24) is 5.32 Å². The first-order chi connectivity index (χ1) is 9.88. The lowest BCUT2D eigenvalue weighted by Crippen LogP contribution is -2.37. The van der Waals surface area contributed by atoms with Crippen LogP contribution < -0.4 is 20.5 Å². The topological polar surface area (TPSA) is 73.6 Å². The van der Waals surface area contributed by atoms with Gasteiger partial charge in [-0.3, -0.25) is 4.79 Å². The third-order valence-corrected chi connectivity index (χ3v) is 3.06. The maximum absolute atomic E-state index is 12.1. The summed E-state index contributed by atoms with van der Waals surface area (Å²) < 4.78 is 10.9. The van der Waals surface area contributed by atoms with Gasteiger partial charge < -0.3 is 20.5 Å². The van der Waals surface area contributed by atoms with Crippen LogP contribution in [-0.2, 0) is 0 Å². The zero-order chi connectivity index (χ0) is 16.0. The fourth-order valence-corrected chi connectivity index (χ4v) is 1.87. The summed E-state index contributed by atoms with van der Waals surface area (Å²) in [5.41, 5.74) is 5.90. The van der Waals surface area contributed by atoms with E-state index in [0.29, 0.717) is 41.2 Å². The highest BCUT2D eigenvalue weighted by atomic mass is 35.5. The van der Waals surface area contributed by atoms with E-state index in [1.54, 1.807) is 12.1 Å². The van der Waals surface area contributed by atoms with Gasteiger partial charge in [-0.15, -0.1) is 0 Å². The molecule has 1 rings (SSSR count). The van der Waals surface area contributed by atoms with Crippen LogP contribution in [-0.4, -0.2) is 32.2 Å². The van der Waals surface area contributed by atoms with Crippen LogP contribution in [0.4, 0.5) is 0 Å². The smallest absolute Gasteiger partial charge is 0.251 e. The lowest BCUT2D eigenvalue weighted by molar-refractivity contribution is 0.0941. The molecule has 0 spiro atoms. The Bertz CT molecular complexity index is 492. The Morgan fingerprint density at radius 1 is 1.38 bits per heavy atom. The number of nitrogens with two attached hydrogens (primary N) is 1. The molecule has 5 nitrogen and oxygen atoms in total. The number of amides is 1. The van der Waals surface area contributed by atoms with Crippen LogP contribution in [0.25, 0.3) is 0 Å². The highest BCUT2D eigenvalue weighted by molar-refractivity contribution is 6.32. The van der Waals surface area contributed by atoms with Crippen molar-refractivity contribution in [2.75, 3.05) is 20.3 Å². The fraction of sp³-hybridized carbons (Fsp3) is 0.533. The summed E-state index contributed by atoms with van der Waals surface area (Å²) in [6.45, 7) is 6.79. The summed E-state index contributed by atoms with van der Waals surface area (Å²) in [6, 6.07) is 3.07. The van der Waals surface area contributed by atoms with Crippen LogP contribution >= 0.6 is 11.6 Å². The maximum atomic E-state index is 12.1. The van der Waals surface area contributed by atoms with Gasteiger partial charge in [-0.2, -0.15) is 0 Å². The van der Waals surface area contributed by atoms with E-state index in [4.69, 9.17) is 26.8 Å². The van der Waals surface area contributed by atoms with Crippen molar-refractivity contribution in [3.05, 3.63) is 22.7 Å². The molecule has 0 heterocycles. The van der Waals surface area contributed by atoms with Crippen LogP contribution in [0.3, 0.4) is 0 Å². The summed E-state index contributed by atoms with van der Waals surface area (Å²) in [4.78, 5) is 12.1. The third-order valence-electron chi connectivity index (χ3n) is 2.78. The van der Waals surface area contributed by atoms with Gasteiger partial charge in [0.15, 0.2) is 11.5 Å². The molecule has 0 saturated heterocycles. The van der Waals surface area contributed by atoms with Crippen molar-refractivity contribution in [2.45, 2.75) is 26.8 Å². The number of rotatable bonds is 7. The predicted octanol–water partition coefficient (Wildman–Crippen LogP) is 2.46. The molecule has 0 unspecified atom stereocenters. The summed E-state index contributed by atoms with van der Waals surface area (Å²) in [5.74, 6) is 1.01. The molecule has 0 bridgehead atoms. The molecule has 1 atom stereocenters. The molecule has 0 aromatic heterocycles. The lowest BCUT2D eigenvalue weighted by Gasteiger charge is -2.16. The van der Waals surface area contributed by atoms with Gasteiger partial charge in [-0.25, -0.2) is 0 Å². The van der Waals surface area contributed by atoms with Crippen molar-refractivity contribution in [2.24, 2.45) is 11.7 Å². The summed E-state index contributed by atoms with van der Waals surface area (Å²) in [7, 11) is 1.51. The van der Waals surface area contributed by atoms with Crippen LogP contribution in [0.5, 0.6) is 11.5 Å². The Balaban J connectivity index is 3.00. The second-order valence-corrected chi connectivity index (χ2v) is 5.71. The number of benzene rings is 1. The molecule has 6 heteroatoms. The number of carbonyl (C=O) groups excluding carboxylic acids is 1. The molecule has 3 N–H and O–H groups in total. The molecule has 1 aromatic rings. The van der Waals surface area contributed by atoms with Gasteiger partial charge >= 0.3 is 0 Å². The Morgan fingerprint density at radius 3 is 2.57 bits per heavy atom. The second-order valence-electron chi connectivity index (χ2n) is 5.30. The number of carbonyl (C=O) groups is 1. The minimum Gasteiger partial charge on any atom is -0.493 e. The van der Waals surface area contributed by atoms with Gasteiger partial charge in [-0.1, -0.05) is 25.4 Å². The summed E-state index contributed by atoms with van der Waals surface area (Å²) >= 11 is 6.20. The Labute approximate surface area is 130 Å². The van der Waals surface area contributed by atoms with Crippen molar-refractivity contribution >= 4 is 17.5 Å². The van der Waals surface area contributed by atoms with Gasteiger partial charge in [0.2, 0.25) is 0 Å². The zero-order valence-corrected chi connectivity index (χ0v) is 13.7. The average molecular weight is 315 g/mol. The Morgan fingerprint density at radius 2 is 2.05 bits per heavy atom. The Kier molecular flexibility index (Phi) is 6.78. The number of ether oxygens (including phenoxy) is 2. The molecule has 1 aromatic carbocycles. The Hall–Kier alpha value is -1.46.